The van der Waals surface area contributed by atoms with E-state index >= 15 is 0 Å². The van der Waals surface area contributed by atoms with Crippen LogP contribution in [0, 0.1) is 0 Å². The van der Waals surface area contributed by atoms with Gasteiger partial charge in [-0.2, -0.15) is 0 Å². The summed E-state index contributed by atoms with van der Waals surface area (Å²) < 4.78 is 5.38. The van der Waals surface area contributed by atoms with Crippen molar-refractivity contribution in [3.8, 4) is 17.1 Å². The molecule has 0 aliphatic rings. The summed E-state index contributed by atoms with van der Waals surface area (Å²) in [6.45, 7) is 10.9. The minimum atomic E-state index is 0.0135. The third-order valence-electron chi connectivity index (χ3n) is 4.00. The fourth-order valence-electron chi connectivity index (χ4n) is 2.79. The van der Waals surface area contributed by atoms with Gasteiger partial charge in [-0.15, -0.1) is 11.3 Å². The summed E-state index contributed by atoms with van der Waals surface area (Å²) in [6.07, 6.45) is 0. The minimum absolute atomic E-state index is 0.0135. The number of nitrogens with one attached hydrogen (secondary N) is 1. The molecule has 5 heteroatoms. The number of fused-ring (bicyclic) bond motifs is 1. The van der Waals surface area contributed by atoms with Crippen LogP contribution in [0.15, 0.2) is 29.6 Å². The molecule has 0 saturated carbocycles. The fraction of sp³-hybridized carbons (Fsp3) is 0.400. The van der Waals surface area contributed by atoms with Crippen molar-refractivity contribution in [2.75, 3.05) is 12.4 Å². The molecule has 25 heavy (non-hydrogen) atoms. The molecule has 0 radical (unpaired) electrons. The maximum atomic E-state index is 5.38. The average molecular weight is 356 g/mol. The average Bonchev–Trinajstić information content (AvgIpc) is 3.00. The topological polar surface area (TPSA) is 47.0 Å². The Hall–Kier alpha value is -2.14. The van der Waals surface area contributed by atoms with Crippen LogP contribution in [-0.4, -0.2) is 23.1 Å². The van der Waals surface area contributed by atoms with Gasteiger partial charge < -0.3 is 10.1 Å². The summed E-state index contributed by atoms with van der Waals surface area (Å²) in [5, 5.41) is 7.50. The van der Waals surface area contributed by atoms with Crippen LogP contribution in [0.4, 0.5) is 5.13 Å². The first-order chi connectivity index (χ1) is 11.8. The predicted molar refractivity (Wildman–Crippen MR) is 107 cm³/mol. The van der Waals surface area contributed by atoms with Gasteiger partial charge in [0.1, 0.15) is 11.4 Å². The van der Waals surface area contributed by atoms with Crippen molar-refractivity contribution in [3.05, 3.63) is 35.2 Å². The van der Waals surface area contributed by atoms with Crippen molar-refractivity contribution in [2.24, 2.45) is 0 Å². The van der Waals surface area contributed by atoms with Gasteiger partial charge >= 0.3 is 0 Å². The van der Waals surface area contributed by atoms with Gasteiger partial charge in [0.2, 0.25) is 0 Å². The van der Waals surface area contributed by atoms with Gasteiger partial charge in [-0.25, -0.2) is 9.97 Å². The summed E-state index contributed by atoms with van der Waals surface area (Å²) >= 11 is 1.61. The molecule has 3 rings (SSSR count). The highest BCUT2D eigenvalue weighted by molar-refractivity contribution is 7.14. The lowest BCUT2D eigenvalue weighted by molar-refractivity contribution is 0.415. The lowest BCUT2D eigenvalue weighted by Gasteiger charge is -2.22. The Morgan fingerprint density at radius 1 is 1.08 bits per heavy atom. The number of pyridine rings is 1. The van der Waals surface area contributed by atoms with E-state index in [1.54, 1.807) is 18.4 Å². The largest absolute Gasteiger partial charge is 0.497 e. The van der Waals surface area contributed by atoms with Crippen LogP contribution in [0.5, 0.6) is 5.75 Å². The summed E-state index contributed by atoms with van der Waals surface area (Å²) in [7, 11) is 1.68. The van der Waals surface area contributed by atoms with Gasteiger partial charge in [-0.05, 0) is 43.0 Å². The second-order valence-electron chi connectivity index (χ2n) is 7.53. The Morgan fingerprint density at radius 2 is 1.84 bits per heavy atom. The molecule has 0 spiro atoms. The number of nitrogens with zero attached hydrogens (tertiary/aromatic N) is 2. The molecule has 0 saturated heterocycles. The lowest BCUT2D eigenvalue weighted by Crippen LogP contribution is -2.12. The molecule has 3 aromatic rings. The van der Waals surface area contributed by atoms with Crippen LogP contribution < -0.4 is 10.1 Å². The van der Waals surface area contributed by atoms with Crippen LogP contribution in [0.2, 0.25) is 0 Å². The number of methoxy groups -OCH3 is 1. The molecule has 0 fully saturated rings. The zero-order valence-electron chi connectivity index (χ0n) is 15.7. The summed E-state index contributed by atoms with van der Waals surface area (Å²) in [5.74, 6) is 0.817. The Bertz CT molecular complexity index is 894. The van der Waals surface area contributed by atoms with E-state index < -0.39 is 0 Å². The highest BCUT2D eigenvalue weighted by Crippen LogP contribution is 2.35. The number of benzene rings is 1. The highest BCUT2D eigenvalue weighted by atomic mass is 32.1. The Balaban J connectivity index is 2.16. The number of aromatic nitrogens is 2. The minimum Gasteiger partial charge on any atom is -0.497 e. The number of anilines is 1. The number of thiazole rings is 1. The van der Waals surface area contributed by atoms with Gasteiger partial charge in [0.15, 0.2) is 5.13 Å². The van der Waals surface area contributed by atoms with Crippen LogP contribution in [0.25, 0.3) is 22.3 Å². The van der Waals surface area contributed by atoms with Gasteiger partial charge in [0.05, 0.1) is 18.3 Å². The maximum absolute atomic E-state index is 5.38. The smallest absolute Gasteiger partial charge is 0.183 e. The van der Waals surface area contributed by atoms with E-state index in [4.69, 9.17) is 14.7 Å². The fourth-order valence-corrected chi connectivity index (χ4v) is 3.64. The molecular weight excluding hydrogens is 330 g/mol. The quantitative estimate of drug-likeness (QED) is 0.673. The van der Waals surface area contributed by atoms with E-state index in [0.717, 1.165) is 33.2 Å². The summed E-state index contributed by atoms with van der Waals surface area (Å²) in [4.78, 5) is 9.56. The number of hydrogen-bond acceptors (Lipinski definition) is 5. The molecule has 1 N–H and O–H groups in total. The molecule has 0 amide bonds. The van der Waals surface area contributed by atoms with Crippen molar-refractivity contribution in [1.82, 2.24) is 9.97 Å². The van der Waals surface area contributed by atoms with E-state index in [1.165, 1.54) is 5.56 Å². The summed E-state index contributed by atoms with van der Waals surface area (Å²) in [6, 6.07) is 8.61. The second-order valence-corrected chi connectivity index (χ2v) is 8.38. The molecule has 1 aromatic carbocycles. The third-order valence-corrected chi connectivity index (χ3v) is 4.78. The van der Waals surface area contributed by atoms with Crippen molar-refractivity contribution in [1.29, 1.82) is 0 Å². The molecule has 0 atom stereocenters. The van der Waals surface area contributed by atoms with Crippen molar-refractivity contribution >= 4 is 27.4 Å². The number of ether oxygens (including phenoxy) is 1. The highest BCUT2D eigenvalue weighted by Gasteiger charge is 2.20. The van der Waals surface area contributed by atoms with E-state index in [-0.39, 0.29) is 5.41 Å². The Morgan fingerprint density at radius 3 is 2.48 bits per heavy atom. The second kappa shape index (κ2) is 6.64. The van der Waals surface area contributed by atoms with Crippen LogP contribution >= 0.6 is 11.3 Å². The lowest BCUT2D eigenvalue weighted by atomic mass is 9.84. The molecule has 0 aliphatic carbocycles. The molecule has 0 aliphatic heterocycles. The van der Waals surface area contributed by atoms with Gasteiger partial charge in [-0.1, -0.05) is 20.8 Å². The van der Waals surface area contributed by atoms with Crippen LogP contribution in [-0.2, 0) is 5.41 Å². The first-order valence-corrected chi connectivity index (χ1v) is 9.37. The molecule has 132 valence electrons. The first kappa shape index (κ1) is 17.7. The Kier molecular flexibility index (Phi) is 4.69. The maximum Gasteiger partial charge on any atom is 0.183 e. The van der Waals surface area contributed by atoms with E-state index in [9.17, 15) is 0 Å². The molecule has 2 aromatic heterocycles. The predicted octanol–water partition coefficient (Wildman–Crippen LogP) is 5.48. The Labute approximate surface area is 153 Å². The van der Waals surface area contributed by atoms with Gasteiger partial charge in [0.25, 0.3) is 0 Å². The summed E-state index contributed by atoms with van der Waals surface area (Å²) in [5.41, 5.74) is 4.02. The van der Waals surface area contributed by atoms with Crippen LogP contribution in [0.3, 0.4) is 0 Å². The molecule has 4 nitrogen and oxygen atoms in total. The molecule has 2 heterocycles. The van der Waals surface area contributed by atoms with E-state index in [1.807, 2.05) is 12.1 Å². The van der Waals surface area contributed by atoms with E-state index in [2.05, 4.69) is 57.4 Å². The first-order valence-electron chi connectivity index (χ1n) is 8.49. The SMILES string of the molecule is COc1ccc2c(C(C)(C)C)cc(-c3csc(NC(C)C)n3)nc2c1. The van der Waals surface area contributed by atoms with Crippen molar-refractivity contribution < 1.29 is 4.74 Å². The van der Waals surface area contributed by atoms with Crippen LogP contribution in [0.1, 0.15) is 40.2 Å². The molecule has 0 unspecified atom stereocenters. The zero-order chi connectivity index (χ0) is 18.2. The third kappa shape index (κ3) is 3.76. The van der Waals surface area contributed by atoms with Gasteiger partial charge in [0, 0.05) is 22.9 Å². The van der Waals surface area contributed by atoms with Crippen molar-refractivity contribution in [3.63, 3.8) is 0 Å². The number of rotatable bonds is 4. The zero-order valence-corrected chi connectivity index (χ0v) is 16.5. The number of hydrogen-bond donors (Lipinski definition) is 1. The molecule has 0 bridgehead atoms. The molecular formula is C20H25N3OS. The standard InChI is InChI=1S/C20H25N3OS/c1-12(2)21-19-23-18(11-25-19)17-10-15(20(3,4)5)14-8-7-13(24-6)9-16(14)22-17/h7-12H,1-6H3,(H,21,23). The normalized spacial score (nSPS) is 12.0. The van der Waals surface area contributed by atoms with E-state index in [0.29, 0.717) is 6.04 Å². The van der Waals surface area contributed by atoms with Crippen molar-refractivity contribution in [2.45, 2.75) is 46.1 Å². The monoisotopic (exact) mass is 355 g/mol. The van der Waals surface area contributed by atoms with Gasteiger partial charge in [-0.3, -0.25) is 0 Å².